The molecule has 8 heteroatoms. The standard InChI is InChI=1S/C17H22FN3O4/c1-9-16(20-4-2-19-3-5-20)25-13-7-10(18)6-11-14(13)21(9)8-12(15(11)22)17(23)24/h8,10-11,13-14,19H,2-7H2,1H3,(H,23,24). The Morgan fingerprint density at radius 1 is 1.36 bits per heavy atom. The Hall–Kier alpha value is -2.09. The van der Waals surface area contributed by atoms with E-state index in [0.29, 0.717) is 5.88 Å². The third-order valence-electron chi connectivity index (χ3n) is 5.58. The molecule has 0 spiro atoms. The molecule has 0 aromatic carbocycles. The van der Waals surface area contributed by atoms with Crippen LogP contribution in [0.5, 0.6) is 0 Å². The minimum Gasteiger partial charge on any atom is -0.478 e. The van der Waals surface area contributed by atoms with E-state index < -0.39 is 29.9 Å². The van der Waals surface area contributed by atoms with Crippen LogP contribution in [0.25, 0.3) is 0 Å². The van der Waals surface area contributed by atoms with Crippen molar-refractivity contribution in [3.05, 3.63) is 23.4 Å². The Labute approximate surface area is 145 Å². The zero-order valence-corrected chi connectivity index (χ0v) is 14.1. The molecule has 4 rings (SSSR count). The maximum absolute atomic E-state index is 14.3. The van der Waals surface area contributed by atoms with E-state index in [-0.39, 0.29) is 24.5 Å². The van der Waals surface area contributed by atoms with E-state index in [1.54, 1.807) is 0 Å². The Balaban J connectivity index is 1.78. The van der Waals surface area contributed by atoms with Crippen molar-refractivity contribution in [2.24, 2.45) is 5.92 Å². The zero-order valence-electron chi connectivity index (χ0n) is 14.1. The van der Waals surface area contributed by atoms with Crippen molar-refractivity contribution in [3.8, 4) is 0 Å². The number of carboxylic acid groups (broad SMARTS) is 1. The first-order valence-electron chi connectivity index (χ1n) is 8.72. The number of halogens is 1. The highest BCUT2D eigenvalue weighted by Crippen LogP contribution is 2.43. The lowest BCUT2D eigenvalue weighted by Crippen LogP contribution is -2.60. The number of aliphatic carboxylic acids is 1. The molecule has 2 fully saturated rings. The van der Waals surface area contributed by atoms with Crippen molar-refractivity contribution < 1.29 is 23.8 Å². The monoisotopic (exact) mass is 351 g/mol. The van der Waals surface area contributed by atoms with Crippen molar-refractivity contribution in [1.82, 2.24) is 15.1 Å². The van der Waals surface area contributed by atoms with Gasteiger partial charge in [-0.05, 0) is 13.3 Å². The minimum absolute atomic E-state index is 0.0563. The van der Waals surface area contributed by atoms with Gasteiger partial charge in [-0.15, -0.1) is 0 Å². The first-order valence-corrected chi connectivity index (χ1v) is 8.72. The van der Waals surface area contributed by atoms with E-state index in [1.165, 1.54) is 6.20 Å². The van der Waals surface area contributed by atoms with Crippen LogP contribution in [0.3, 0.4) is 0 Å². The summed E-state index contributed by atoms with van der Waals surface area (Å²) in [4.78, 5) is 28.0. The van der Waals surface area contributed by atoms with Crippen LogP contribution in [0, 0.1) is 5.92 Å². The number of carbonyl (C=O) groups excluding carboxylic acids is 1. The van der Waals surface area contributed by atoms with Crippen LogP contribution < -0.4 is 5.32 Å². The number of carbonyl (C=O) groups is 2. The van der Waals surface area contributed by atoms with Gasteiger partial charge in [0.15, 0.2) is 5.78 Å². The highest BCUT2D eigenvalue weighted by atomic mass is 19.1. The van der Waals surface area contributed by atoms with Crippen molar-refractivity contribution in [3.63, 3.8) is 0 Å². The molecule has 1 saturated heterocycles. The summed E-state index contributed by atoms with van der Waals surface area (Å²) in [6, 6.07) is -0.325. The summed E-state index contributed by atoms with van der Waals surface area (Å²) in [5, 5.41) is 12.7. The fourth-order valence-corrected chi connectivity index (χ4v) is 4.39. The molecule has 1 aliphatic carbocycles. The lowest BCUT2D eigenvalue weighted by Gasteiger charge is -2.52. The summed E-state index contributed by atoms with van der Waals surface area (Å²) in [7, 11) is 0. The number of alkyl halides is 1. The number of ether oxygens (including phenoxy) is 1. The smallest absolute Gasteiger partial charge is 0.340 e. The number of hydrogen-bond donors (Lipinski definition) is 2. The van der Waals surface area contributed by atoms with E-state index in [1.807, 2.05) is 11.8 Å². The molecule has 0 aromatic heterocycles. The third kappa shape index (κ3) is 2.59. The van der Waals surface area contributed by atoms with Crippen LogP contribution in [-0.2, 0) is 14.3 Å². The maximum atomic E-state index is 14.3. The summed E-state index contributed by atoms with van der Waals surface area (Å²) >= 11 is 0. The predicted octanol–water partition coefficient (Wildman–Crippen LogP) is 0.449. The topological polar surface area (TPSA) is 82.1 Å². The van der Waals surface area contributed by atoms with Gasteiger partial charge in [0.05, 0.1) is 11.7 Å². The Bertz CT molecular complexity index is 671. The van der Waals surface area contributed by atoms with Gasteiger partial charge >= 0.3 is 5.97 Å². The van der Waals surface area contributed by atoms with Gasteiger partial charge in [0.2, 0.25) is 5.88 Å². The largest absolute Gasteiger partial charge is 0.478 e. The van der Waals surface area contributed by atoms with E-state index in [2.05, 4.69) is 10.2 Å². The van der Waals surface area contributed by atoms with Gasteiger partial charge in [0, 0.05) is 44.7 Å². The molecule has 4 atom stereocenters. The number of hydrogen-bond acceptors (Lipinski definition) is 6. The average Bonchev–Trinajstić information content (AvgIpc) is 2.59. The van der Waals surface area contributed by atoms with Gasteiger partial charge in [-0.2, -0.15) is 0 Å². The van der Waals surface area contributed by atoms with Crippen molar-refractivity contribution >= 4 is 11.8 Å². The molecule has 25 heavy (non-hydrogen) atoms. The van der Waals surface area contributed by atoms with Crippen LogP contribution in [0.4, 0.5) is 4.39 Å². The van der Waals surface area contributed by atoms with Crippen LogP contribution in [0.2, 0.25) is 0 Å². The normalized spacial score (nSPS) is 35.1. The lowest BCUT2D eigenvalue weighted by atomic mass is 9.74. The Kier molecular flexibility index (Phi) is 3.94. The molecule has 3 heterocycles. The molecule has 4 aliphatic rings. The maximum Gasteiger partial charge on any atom is 0.340 e. The second-order valence-corrected chi connectivity index (χ2v) is 7.07. The third-order valence-corrected chi connectivity index (χ3v) is 5.58. The van der Waals surface area contributed by atoms with Crippen LogP contribution in [0.1, 0.15) is 19.8 Å². The van der Waals surface area contributed by atoms with E-state index in [4.69, 9.17) is 4.74 Å². The molecule has 0 aromatic rings. The number of ketones is 1. The van der Waals surface area contributed by atoms with Gasteiger partial charge in [0.1, 0.15) is 17.8 Å². The molecule has 0 amide bonds. The molecule has 4 unspecified atom stereocenters. The summed E-state index contributed by atoms with van der Waals surface area (Å²) in [5.41, 5.74) is 0.520. The van der Waals surface area contributed by atoms with Gasteiger partial charge < -0.3 is 25.0 Å². The van der Waals surface area contributed by atoms with Gasteiger partial charge in [0.25, 0.3) is 0 Å². The number of nitrogens with zero attached hydrogens (tertiary/aromatic N) is 2. The summed E-state index contributed by atoms with van der Waals surface area (Å²) < 4.78 is 20.4. The molecule has 136 valence electrons. The number of piperazine rings is 1. The number of Topliss-reactive ketones (excluding diaryl/α,β-unsaturated/α-hetero) is 1. The first-order chi connectivity index (χ1) is 12.0. The molecule has 0 bridgehead atoms. The first kappa shape index (κ1) is 16.4. The Morgan fingerprint density at radius 2 is 2.08 bits per heavy atom. The highest BCUT2D eigenvalue weighted by molar-refractivity contribution is 6.18. The summed E-state index contributed by atoms with van der Waals surface area (Å²) in [6.45, 7) is 5.08. The second-order valence-electron chi connectivity index (χ2n) is 7.07. The summed E-state index contributed by atoms with van der Waals surface area (Å²) in [5.74, 6) is -1.75. The van der Waals surface area contributed by atoms with E-state index >= 15 is 0 Å². The molecule has 0 radical (unpaired) electrons. The molecule has 7 nitrogen and oxygen atoms in total. The number of nitrogens with one attached hydrogen (secondary N) is 1. The molecule has 2 N–H and O–H groups in total. The lowest BCUT2D eigenvalue weighted by molar-refractivity contribution is -0.142. The van der Waals surface area contributed by atoms with Crippen LogP contribution >= 0.6 is 0 Å². The Morgan fingerprint density at radius 3 is 2.76 bits per heavy atom. The SMILES string of the molecule is CC1=C(N2CCNCC2)OC2CC(F)CC3C(=O)C(C(=O)O)=CN1C23. The van der Waals surface area contributed by atoms with Gasteiger partial charge in [-0.1, -0.05) is 0 Å². The number of rotatable bonds is 2. The quantitative estimate of drug-likeness (QED) is 0.699. The molecular formula is C17H22FN3O4. The second kappa shape index (κ2) is 6.01. The van der Waals surface area contributed by atoms with Crippen LogP contribution in [0.15, 0.2) is 23.4 Å². The number of carboxylic acids is 1. The van der Waals surface area contributed by atoms with Crippen molar-refractivity contribution in [2.45, 2.75) is 38.1 Å². The van der Waals surface area contributed by atoms with Gasteiger partial charge in [-0.25, -0.2) is 9.18 Å². The molecular weight excluding hydrogens is 329 g/mol. The fourth-order valence-electron chi connectivity index (χ4n) is 4.39. The van der Waals surface area contributed by atoms with Gasteiger partial charge in [-0.3, -0.25) is 4.79 Å². The zero-order chi connectivity index (χ0) is 17.7. The fraction of sp³-hybridized carbons (Fsp3) is 0.647. The average molecular weight is 351 g/mol. The van der Waals surface area contributed by atoms with Crippen molar-refractivity contribution in [1.29, 1.82) is 0 Å². The summed E-state index contributed by atoms with van der Waals surface area (Å²) in [6.07, 6.45) is 0.0909. The minimum atomic E-state index is -1.26. The predicted molar refractivity (Wildman–Crippen MR) is 86.0 cm³/mol. The number of allylic oxidation sites excluding steroid dienone is 1. The molecule has 3 aliphatic heterocycles. The van der Waals surface area contributed by atoms with Crippen LogP contribution in [-0.4, -0.2) is 71.2 Å². The molecule has 1 saturated carbocycles. The van der Waals surface area contributed by atoms with E-state index in [0.717, 1.165) is 31.9 Å². The van der Waals surface area contributed by atoms with E-state index in [9.17, 15) is 19.1 Å². The van der Waals surface area contributed by atoms with Crippen molar-refractivity contribution in [2.75, 3.05) is 26.2 Å². The highest BCUT2D eigenvalue weighted by Gasteiger charge is 2.52.